The van der Waals surface area contributed by atoms with Crippen LogP contribution >= 0.6 is 11.3 Å². The largest absolute Gasteiger partial charge is 0.380 e. The van der Waals surface area contributed by atoms with Crippen molar-refractivity contribution in [3.05, 3.63) is 51.2 Å². The van der Waals surface area contributed by atoms with Crippen molar-refractivity contribution in [3.8, 4) is 0 Å². The van der Waals surface area contributed by atoms with Crippen molar-refractivity contribution in [2.75, 3.05) is 14.2 Å². The Kier molecular flexibility index (Phi) is 7.14. The Labute approximate surface area is 146 Å². The predicted octanol–water partition coefficient (Wildman–Crippen LogP) is 2.86. The van der Waals surface area contributed by atoms with E-state index in [0.717, 1.165) is 17.0 Å². The minimum atomic E-state index is -0.251. The van der Waals surface area contributed by atoms with Crippen LogP contribution in [0.25, 0.3) is 0 Å². The molecule has 1 heterocycles. The molecular formula is C17H23FN4OS. The van der Waals surface area contributed by atoms with Gasteiger partial charge in [-0.15, -0.1) is 11.3 Å². The number of thiazole rings is 1. The molecule has 0 fully saturated rings. The molecule has 0 saturated carbocycles. The first-order chi connectivity index (χ1) is 11.7. The molecule has 24 heavy (non-hydrogen) atoms. The van der Waals surface area contributed by atoms with E-state index in [-0.39, 0.29) is 12.4 Å². The normalized spacial score (nSPS) is 11.6. The molecule has 0 aliphatic heterocycles. The number of hydrogen-bond acceptors (Lipinski definition) is 4. The second-order valence-corrected chi connectivity index (χ2v) is 6.41. The van der Waals surface area contributed by atoms with E-state index in [0.29, 0.717) is 24.6 Å². The zero-order valence-corrected chi connectivity index (χ0v) is 15.0. The van der Waals surface area contributed by atoms with E-state index in [1.54, 1.807) is 37.6 Å². The molecule has 2 rings (SSSR count). The predicted molar refractivity (Wildman–Crippen MR) is 95.6 cm³/mol. The molecule has 0 amide bonds. The SMILES string of the molecule is CCc1cnc(CNC(=NC)NCc2ccc(F)c(COC)c2)s1. The Morgan fingerprint density at radius 2 is 2.12 bits per heavy atom. The molecule has 1 aromatic carbocycles. The summed E-state index contributed by atoms with van der Waals surface area (Å²) in [6.45, 7) is 3.56. The molecule has 0 saturated heterocycles. The van der Waals surface area contributed by atoms with Crippen molar-refractivity contribution in [2.45, 2.75) is 33.0 Å². The third-order valence-corrected chi connectivity index (χ3v) is 4.59. The lowest BCUT2D eigenvalue weighted by molar-refractivity contribution is 0.181. The summed E-state index contributed by atoms with van der Waals surface area (Å²) in [5, 5.41) is 7.48. The number of benzene rings is 1. The first-order valence-electron chi connectivity index (χ1n) is 7.80. The van der Waals surface area contributed by atoms with E-state index in [4.69, 9.17) is 4.74 Å². The molecule has 2 N–H and O–H groups in total. The monoisotopic (exact) mass is 350 g/mol. The molecule has 5 nitrogen and oxygen atoms in total. The molecule has 0 aliphatic rings. The second kappa shape index (κ2) is 9.34. The van der Waals surface area contributed by atoms with Crippen LogP contribution < -0.4 is 10.6 Å². The summed E-state index contributed by atoms with van der Waals surface area (Å²) >= 11 is 1.70. The Balaban J connectivity index is 1.88. The Morgan fingerprint density at radius 1 is 1.33 bits per heavy atom. The number of nitrogens with zero attached hydrogens (tertiary/aromatic N) is 2. The number of aryl methyl sites for hydroxylation is 1. The molecule has 0 bridgehead atoms. The minimum absolute atomic E-state index is 0.251. The van der Waals surface area contributed by atoms with Gasteiger partial charge in [-0.25, -0.2) is 9.37 Å². The first-order valence-corrected chi connectivity index (χ1v) is 8.62. The van der Waals surface area contributed by atoms with E-state index in [1.807, 2.05) is 6.20 Å². The van der Waals surface area contributed by atoms with Gasteiger partial charge in [0.15, 0.2) is 5.96 Å². The molecule has 0 radical (unpaired) electrons. The lowest BCUT2D eigenvalue weighted by Gasteiger charge is -2.12. The molecule has 2 aromatic rings. The summed E-state index contributed by atoms with van der Waals surface area (Å²) in [5.74, 6) is 0.430. The zero-order chi connectivity index (χ0) is 17.4. The van der Waals surface area contributed by atoms with Crippen LogP contribution in [0.15, 0.2) is 29.4 Å². The highest BCUT2D eigenvalue weighted by atomic mass is 32.1. The average molecular weight is 350 g/mol. The third-order valence-electron chi connectivity index (χ3n) is 3.45. The molecule has 7 heteroatoms. The van der Waals surface area contributed by atoms with E-state index in [1.165, 1.54) is 10.9 Å². The van der Waals surface area contributed by atoms with E-state index < -0.39 is 0 Å². The Morgan fingerprint density at radius 3 is 2.79 bits per heavy atom. The number of guanidine groups is 1. The van der Waals surface area contributed by atoms with Crippen LogP contribution in [0.1, 0.15) is 27.9 Å². The molecule has 130 valence electrons. The maximum atomic E-state index is 13.6. The van der Waals surface area contributed by atoms with E-state index >= 15 is 0 Å². The van der Waals surface area contributed by atoms with Crippen molar-refractivity contribution in [3.63, 3.8) is 0 Å². The topological polar surface area (TPSA) is 58.5 Å². The van der Waals surface area contributed by atoms with Gasteiger partial charge in [0.05, 0.1) is 13.2 Å². The third kappa shape index (κ3) is 5.28. The Bertz CT molecular complexity index is 687. The molecule has 1 aromatic heterocycles. The quantitative estimate of drug-likeness (QED) is 0.595. The first kappa shape index (κ1) is 18.4. The van der Waals surface area contributed by atoms with Gasteiger partial charge in [0.2, 0.25) is 0 Å². The van der Waals surface area contributed by atoms with Gasteiger partial charge in [-0.3, -0.25) is 4.99 Å². The fourth-order valence-electron chi connectivity index (χ4n) is 2.16. The lowest BCUT2D eigenvalue weighted by atomic mass is 10.1. The van der Waals surface area contributed by atoms with Crippen molar-refractivity contribution < 1.29 is 9.13 Å². The van der Waals surface area contributed by atoms with Crippen LogP contribution in [0.4, 0.5) is 4.39 Å². The summed E-state index contributed by atoms with van der Waals surface area (Å²) in [7, 11) is 3.27. The fraction of sp³-hybridized carbons (Fsp3) is 0.412. The highest BCUT2D eigenvalue weighted by Gasteiger charge is 2.05. The van der Waals surface area contributed by atoms with Gasteiger partial charge in [-0.05, 0) is 24.1 Å². The summed E-state index contributed by atoms with van der Waals surface area (Å²) in [4.78, 5) is 9.84. The molecule has 0 unspecified atom stereocenters. The summed E-state index contributed by atoms with van der Waals surface area (Å²) in [5.41, 5.74) is 1.52. The minimum Gasteiger partial charge on any atom is -0.380 e. The number of halogens is 1. The maximum Gasteiger partial charge on any atom is 0.191 e. The van der Waals surface area contributed by atoms with Crippen LogP contribution in [-0.4, -0.2) is 25.1 Å². The van der Waals surface area contributed by atoms with Gasteiger partial charge in [0, 0.05) is 37.3 Å². The van der Waals surface area contributed by atoms with Crippen LogP contribution in [0.3, 0.4) is 0 Å². The molecular weight excluding hydrogens is 327 g/mol. The average Bonchev–Trinajstić information content (AvgIpc) is 3.06. The number of methoxy groups -OCH3 is 1. The van der Waals surface area contributed by atoms with Crippen LogP contribution in [0, 0.1) is 5.82 Å². The van der Waals surface area contributed by atoms with Crippen molar-refractivity contribution in [2.24, 2.45) is 4.99 Å². The zero-order valence-electron chi connectivity index (χ0n) is 14.2. The summed E-state index contributed by atoms with van der Waals surface area (Å²) < 4.78 is 18.6. The number of aromatic nitrogens is 1. The van der Waals surface area contributed by atoms with Gasteiger partial charge in [0.1, 0.15) is 10.8 Å². The smallest absolute Gasteiger partial charge is 0.191 e. The number of aliphatic imine (C=N–C) groups is 1. The van der Waals surface area contributed by atoms with Crippen molar-refractivity contribution in [1.82, 2.24) is 15.6 Å². The molecule has 0 spiro atoms. The maximum absolute atomic E-state index is 13.6. The summed E-state index contributed by atoms with van der Waals surface area (Å²) in [6, 6.07) is 5.01. The number of nitrogens with one attached hydrogen (secondary N) is 2. The number of rotatable bonds is 7. The van der Waals surface area contributed by atoms with Gasteiger partial charge in [-0.2, -0.15) is 0 Å². The lowest BCUT2D eigenvalue weighted by Crippen LogP contribution is -2.36. The molecule has 0 aliphatic carbocycles. The van der Waals surface area contributed by atoms with Gasteiger partial charge in [-0.1, -0.05) is 13.0 Å². The number of ether oxygens (including phenoxy) is 1. The highest BCUT2D eigenvalue weighted by Crippen LogP contribution is 2.13. The van der Waals surface area contributed by atoms with Gasteiger partial charge in [0.25, 0.3) is 0 Å². The van der Waals surface area contributed by atoms with Crippen molar-refractivity contribution in [1.29, 1.82) is 0 Å². The highest BCUT2D eigenvalue weighted by molar-refractivity contribution is 7.11. The second-order valence-electron chi connectivity index (χ2n) is 5.21. The van der Waals surface area contributed by atoms with Crippen molar-refractivity contribution >= 4 is 17.3 Å². The van der Waals surface area contributed by atoms with E-state index in [2.05, 4.69) is 27.5 Å². The van der Waals surface area contributed by atoms with Crippen LogP contribution in [0.5, 0.6) is 0 Å². The Hall–Kier alpha value is -1.99. The number of hydrogen-bond donors (Lipinski definition) is 2. The summed E-state index contributed by atoms with van der Waals surface area (Å²) in [6.07, 6.45) is 2.91. The van der Waals surface area contributed by atoms with Crippen LogP contribution in [0.2, 0.25) is 0 Å². The van der Waals surface area contributed by atoms with E-state index in [9.17, 15) is 4.39 Å². The van der Waals surface area contributed by atoms with Gasteiger partial charge < -0.3 is 15.4 Å². The van der Waals surface area contributed by atoms with Crippen LogP contribution in [-0.2, 0) is 30.9 Å². The molecule has 0 atom stereocenters. The standard InChI is InChI=1S/C17H23FN4OS/c1-4-14-9-20-16(24-14)10-22-17(19-2)21-8-12-5-6-15(18)13(7-12)11-23-3/h5-7,9H,4,8,10-11H2,1-3H3,(H2,19,21,22). The fourth-order valence-corrected chi connectivity index (χ4v) is 2.97. The van der Waals surface area contributed by atoms with Gasteiger partial charge >= 0.3 is 0 Å².